The highest BCUT2D eigenvalue weighted by Crippen LogP contribution is 2.37. The summed E-state index contributed by atoms with van der Waals surface area (Å²) in [5, 5.41) is 12.3. The highest BCUT2D eigenvalue weighted by molar-refractivity contribution is 6.31. The zero-order valence-electron chi connectivity index (χ0n) is 11.8. The molecule has 1 aliphatic rings. The lowest BCUT2D eigenvalue weighted by Crippen LogP contribution is -2.49. The molecule has 0 radical (unpaired) electrons. The van der Waals surface area contributed by atoms with Crippen LogP contribution in [0.5, 0.6) is 0 Å². The van der Waals surface area contributed by atoms with Crippen molar-refractivity contribution in [3.8, 4) is 0 Å². The van der Waals surface area contributed by atoms with Crippen molar-refractivity contribution >= 4 is 23.5 Å². The van der Waals surface area contributed by atoms with E-state index in [1.165, 1.54) is 0 Å². The Hall–Kier alpha value is -1.49. The number of amides is 1. The van der Waals surface area contributed by atoms with Gasteiger partial charge in [0.2, 0.25) is 0 Å². The Morgan fingerprint density at radius 3 is 2.50 bits per heavy atom. The number of halogens is 1. The lowest BCUT2D eigenvalue weighted by molar-refractivity contribution is -0.142. The van der Waals surface area contributed by atoms with Gasteiger partial charge in [-0.2, -0.15) is 0 Å². The minimum atomic E-state index is -1.04. The fraction of sp³-hybridized carbons (Fsp3) is 0.571. The van der Waals surface area contributed by atoms with E-state index in [-0.39, 0.29) is 0 Å². The van der Waals surface area contributed by atoms with Crippen molar-refractivity contribution in [3.05, 3.63) is 23.0 Å². The van der Waals surface area contributed by atoms with Crippen LogP contribution < -0.4 is 5.32 Å². The minimum Gasteiger partial charge on any atom is -0.480 e. The van der Waals surface area contributed by atoms with Crippen LogP contribution in [0.2, 0.25) is 5.02 Å². The van der Waals surface area contributed by atoms with Gasteiger partial charge >= 0.3 is 5.97 Å². The highest BCUT2D eigenvalue weighted by atomic mass is 35.5. The molecule has 2 rings (SSSR count). The van der Waals surface area contributed by atoms with E-state index in [4.69, 9.17) is 11.6 Å². The molecule has 1 atom stereocenters. The van der Waals surface area contributed by atoms with E-state index in [9.17, 15) is 14.7 Å². The first-order chi connectivity index (χ1) is 9.20. The summed E-state index contributed by atoms with van der Waals surface area (Å²) < 4.78 is 1.83. The van der Waals surface area contributed by atoms with Gasteiger partial charge in [-0.3, -0.25) is 4.79 Å². The Morgan fingerprint density at radius 2 is 2.05 bits per heavy atom. The number of aromatic nitrogens is 1. The zero-order chi connectivity index (χ0) is 15.1. The van der Waals surface area contributed by atoms with E-state index in [1.54, 1.807) is 33.0 Å². The number of rotatable bonds is 4. The summed E-state index contributed by atoms with van der Waals surface area (Å²) in [4.78, 5) is 23.6. The molecule has 0 aliphatic heterocycles. The second-order valence-corrected chi connectivity index (χ2v) is 6.73. The summed E-state index contributed by atoms with van der Waals surface area (Å²) >= 11 is 5.95. The van der Waals surface area contributed by atoms with Gasteiger partial charge in [0.1, 0.15) is 11.7 Å². The largest absolute Gasteiger partial charge is 0.480 e. The number of nitrogens with one attached hydrogen (secondary N) is 1. The molecule has 1 amide bonds. The maximum absolute atomic E-state index is 12.3. The van der Waals surface area contributed by atoms with E-state index in [2.05, 4.69) is 5.32 Å². The molecule has 1 fully saturated rings. The molecule has 0 aromatic carbocycles. The van der Waals surface area contributed by atoms with Gasteiger partial charge in [0, 0.05) is 12.2 Å². The molecule has 6 heteroatoms. The van der Waals surface area contributed by atoms with Crippen molar-refractivity contribution in [2.75, 3.05) is 0 Å². The Balaban J connectivity index is 2.21. The van der Waals surface area contributed by atoms with E-state index in [1.807, 2.05) is 4.57 Å². The Labute approximate surface area is 122 Å². The fourth-order valence-electron chi connectivity index (χ4n) is 2.14. The summed E-state index contributed by atoms with van der Waals surface area (Å²) in [6.07, 6.45) is 3.76. The van der Waals surface area contributed by atoms with Gasteiger partial charge in [0.15, 0.2) is 0 Å². The van der Waals surface area contributed by atoms with Crippen LogP contribution in [0.4, 0.5) is 0 Å². The fourth-order valence-corrected chi connectivity index (χ4v) is 2.34. The molecule has 0 bridgehead atoms. The Bertz CT molecular complexity index is 541. The number of carbonyl (C=O) groups is 2. The minimum absolute atomic E-state index is 0.307. The maximum atomic E-state index is 12.3. The lowest BCUT2D eigenvalue weighted by atomic mass is 9.86. The van der Waals surface area contributed by atoms with Gasteiger partial charge in [-0.1, -0.05) is 32.4 Å². The number of hydrogen-bond acceptors (Lipinski definition) is 2. The van der Waals surface area contributed by atoms with Gasteiger partial charge in [0.05, 0.1) is 5.02 Å². The molecule has 0 saturated heterocycles. The monoisotopic (exact) mass is 298 g/mol. The Morgan fingerprint density at radius 1 is 1.45 bits per heavy atom. The topological polar surface area (TPSA) is 71.3 Å². The van der Waals surface area contributed by atoms with E-state index in [0.29, 0.717) is 16.8 Å². The van der Waals surface area contributed by atoms with Gasteiger partial charge < -0.3 is 15.0 Å². The van der Waals surface area contributed by atoms with E-state index < -0.39 is 23.3 Å². The molecule has 110 valence electrons. The van der Waals surface area contributed by atoms with Gasteiger partial charge in [-0.25, -0.2) is 4.79 Å². The molecular weight excluding hydrogens is 280 g/mol. The van der Waals surface area contributed by atoms with Crippen molar-refractivity contribution in [1.29, 1.82) is 0 Å². The summed E-state index contributed by atoms with van der Waals surface area (Å²) in [6, 6.07) is 0.939. The molecule has 1 aliphatic carbocycles. The standard InChI is InChI=1S/C14H19ClN2O3/c1-14(2,3)11(13(19)20)16-12(18)10-6-8(15)7-17(10)9-4-5-9/h6-7,9,11H,4-5H2,1-3H3,(H,16,18)(H,19,20). The number of carboxylic acid groups (broad SMARTS) is 1. The summed E-state index contributed by atoms with van der Waals surface area (Å²) in [5.74, 6) is -1.44. The molecular formula is C14H19ClN2O3. The number of carboxylic acids is 1. The van der Waals surface area contributed by atoms with Crippen LogP contribution in [0.1, 0.15) is 50.1 Å². The van der Waals surface area contributed by atoms with Crippen LogP contribution in [0.15, 0.2) is 12.3 Å². The van der Waals surface area contributed by atoms with Crippen molar-refractivity contribution in [1.82, 2.24) is 9.88 Å². The first kappa shape index (κ1) is 14.9. The number of hydrogen-bond donors (Lipinski definition) is 2. The van der Waals surface area contributed by atoms with Crippen molar-refractivity contribution in [2.45, 2.75) is 45.7 Å². The Kier molecular flexibility index (Phi) is 3.82. The first-order valence-electron chi connectivity index (χ1n) is 6.61. The molecule has 1 unspecified atom stereocenters. The molecule has 1 aromatic rings. The van der Waals surface area contributed by atoms with Gasteiger partial charge in [0.25, 0.3) is 5.91 Å². The molecule has 1 heterocycles. The van der Waals surface area contributed by atoms with Crippen LogP contribution in [-0.4, -0.2) is 27.6 Å². The number of aliphatic carboxylic acids is 1. The summed E-state index contributed by atoms with van der Waals surface area (Å²) in [5.41, 5.74) is -0.143. The summed E-state index contributed by atoms with van der Waals surface area (Å²) in [6.45, 7) is 5.33. The van der Waals surface area contributed by atoms with Gasteiger partial charge in [-0.05, 0) is 24.3 Å². The number of nitrogens with zero attached hydrogens (tertiary/aromatic N) is 1. The smallest absolute Gasteiger partial charge is 0.326 e. The molecule has 2 N–H and O–H groups in total. The van der Waals surface area contributed by atoms with Gasteiger partial charge in [-0.15, -0.1) is 0 Å². The average molecular weight is 299 g/mol. The summed E-state index contributed by atoms with van der Waals surface area (Å²) in [7, 11) is 0. The number of carbonyl (C=O) groups excluding carboxylic acids is 1. The SMILES string of the molecule is CC(C)(C)C(NC(=O)c1cc(Cl)cn1C1CC1)C(=O)O. The van der Waals surface area contributed by atoms with Crippen LogP contribution in [0.3, 0.4) is 0 Å². The highest BCUT2D eigenvalue weighted by Gasteiger charge is 2.34. The zero-order valence-corrected chi connectivity index (χ0v) is 12.6. The normalized spacial score (nSPS) is 16.8. The molecule has 20 heavy (non-hydrogen) atoms. The second-order valence-electron chi connectivity index (χ2n) is 6.29. The van der Waals surface area contributed by atoms with E-state index in [0.717, 1.165) is 12.8 Å². The molecule has 0 spiro atoms. The maximum Gasteiger partial charge on any atom is 0.326 e. The molecule has 5 nitrogen and oxygen atoms in total. The third kappa shape index (κ3) is 3.15. The average Bonchev–Trinajstić information content (AvgIpc) is 3.07. The molecule has 1 saturated carbocycles. The van der Waals surface area contributed by atoms with Crippen LogP contribution in [-0.2, 0) is 4.79 Å². The van der Waals surface area contributed by atoms with Crippen LogP contribution in [0.25, 0.3) is 0 Å². The van der Waals surface area contributed by atoms with E-state index >= 15 is 0 Å². The third-order valence-corrected chi connectivity index (χ3v) is 3.58. The second kappa shape index (κ2) is 5.13. The van der Waals surface area contributed by atoms with Crippen molar-refractivity contribution < 1.29 is 14.7 Å². The first-order valence-corrected chi connectivity index (χ1v) is 6.99. The van der Waals surface area contributed by atoms with Crippen molar-refractivity contribution in [3.63, 3.8) is 0 Å². The lowest BCUT2D eigenvalue weighted by Gasteiger charge is -2.27. The predicted octanol–water partition coefficient (Wildman–Crippen LogP) is 2.71. The third-order valence-electron chi connectivity index (χ3n) is 3.38. The predicted molar refractivity (Wildman–Crippen MR) is 76.1 cm³/mol. The van der Waals surface area contributed by atoms with Crippen LogP contribution >= 0.6 is 11.6 Å². The molecule has 1 aromatic heterocycles. The quantitative estimate of drug-likeness (QED) is 0.898. The van der Waals surface area contributed by atoms with Crippen molar-refractivity contribution in [2.24, 2.45) is 5.41 Å². The van der Waals surface area contributed by atoms with Crippen LogP contribution in [0, 0.1) is 5.41 Å².